The van der Waals surface area contributed by atoms with Crippen LogP contribution < -0.4 is 4.90 Å². The molecule has 1 aromatic carbocycles. The van der Waals surface area contributed by atoms with Crippen LogP contribution in [0.2, 0.25) is 0 Å². The molecule has 0 amide bonds. The van der Waals surface area contributed by atoms with E-state index in [1.54, 1.807) is 24.4 Å². The molecule has 1 fully saturated rings. The Morgan fingerprint density at radius 3 is 2.48 bits per heavy atom. The Balaban J connectivity index is 1.73. The van der Waals surface area contributed by atoms with Crippen molar-refractivity contribution < 1.29 is 13.5 Å². The lowest BCUT2D eigenvalue weighted by Crippen LogP contribution is -2.48. The molecule has 3 rings (SSSR count). The standard InChI is InChI=1S/C16H19N3O3S/c20-13-14-4-3-5-15(12-14)23(21,22)19-10-8-18(9-11-19)16-6-1-2-7-17-16/h1-7,12,20H,8-11,13H2. The third-order valence-corrected chi connectivity index (χ3v) is 5.83. The number of aliphatic hydroxyl groups excluding tert-OH is 1. The molecule has 1 saturated heterocycles. The molecule has 0 spiro atoms. The van der Waals surface area contributed by atoms with Crippen LogP contribution in [0.3, 0.4) is 0 Å². The SMILES string of the molecule is O=S(=O)(c1cccc(CO)c1)N1CCN(c2ccccn2)CC1. The van der Waals surface area contributed by atoms with Crippen LogP contribution in [0.1, 0.15) is 5.56 Å². The zero-order chi connectivity index (χ0) is 16.3. The van der Waals surface area contributed by atoms with Gasteiger partial charge in [0.2, 0.25) is 10.0 Å². The van der Waals surface area contributed by atoms with Crippen molar-refractivity contribution in [2.75, 3.05) is 31.1 Å². The van der Waals surface area contributed by atoms with Crippen LogP contribution in [0.4, 0.5) is 5.82 Å². The molecule has 0 radical (unpaired) electrons. The summed E-state index contributed by atoms with van der Waals surface area (Å²) in [6.45, 7) is 1.88. The Labute approximate surface area is 136 Å². The van der Waals surface area contributed by atoms with E-state index in [1.165, 1.54) is 10.4 Å². The van der Waals surface area contributed by atoms with E-state index in [0.29, 0.717) is 31.7 Å². The van der Waals surface area contributed by atoms with E-state index in [9.17, 15) is 13.5 Å². The van der Waals surface area contributed by atoms with Crippen LogP contribution in [-0.2, 0) is 16.6 Å². The van der Waals surface area contributed by atoms with Crippen LogP contribution >= 0.6 is 0 Å². The van der Waals surface area contributed by atoms with Crippen molar-refractivity contribution in [2.24, 2.45) is 0 Å². The largest absolute Gasteiger partial charge is 0.392 e. The first kappa shape index (κ1) is 15.9. The maximum Gasteiger partial charge on any atom is 0.243 e. The molecular weight excluding hydrogens is 314 g/mol. The molecule has 122 valence electrons. The number of piperazine rings is 1. The number of aliphatic hydroxyl groups is 1. The molecule has 6 nitrogen and oxygen atoms in total. The van der Waals surface area contributed by atoms with Gasteiger partial charge in [0.05, 0.1) is 11.5 Å². The Morgan fingerprint density at radius 1 is 1.04 bits per heavy atom. The first-order valence-corrected chi connectivity index (χ1v) is 8.91. The van der Waals surface area contributed by atoms with Gasteiger partial charge in [0, 0.05) is 32.4 Å². The topological polar surface area (TPSA) is 73.7 Å². The summed E-state index contributed by atoms with van der Waals surface area (Å²) in [5.74, 6) is 0.867. The molecule has 2 aromatic rings. The second-order valence-corrected chi connectivity index (χ2v) is 7.32. The van der Waals surface area contributed by atoms with Gasteiger partial charge in [-0.05, 0) is 29.8 Å². The second-order valence-electron chi connectivity index (χ2n) is 5.38. The summed E-state index contributed by atoms with van der Waals surface area (Å²) in [7, 11) is -3.53. The summed E-state index contributed by atoms with van der Waals surface area (Å²) in [5.41, 5.74) is 0.596. The summed E-state index contributed by atoms with van der Waals surface area (Å²) in [4.78, 5) is 6.61. The lowest BCUT2D eigenvalue weighted by atomic mass is 10.2. The van der Waals surface area contributed by atoms with Gasteiger partial charge in [-0.1, -0.05) is 18.2 Å². The third-order valence-electron chi connectivity index (χ3n) is 3.93. The van der Waals surface area contributed by atoms with E-state index < -0.39 is 10.0 Å². The minimum atomic E-state index is -3.53. The molecule has 2 heterocycles. The van der Waals surface area contributed by atoms with E-state index in [4.69, 9.17) is 0 Å². The fourth-order valence-corrected chi connectivity index (χ4v) is 4.14. The zero-order valence-electron chi connectivity index (χ0n) is 12.7. The van der Waals surface area contributed by atoms with Crippen molar-refractivity contribution >= 4 is 15.8 Å². The number of anilines is 1. The Morgan fingerprint density at radius 2 is 1.83 bits per heavy atom. The molecule has 23 heavy (non-hydrogen) atoms. The molecule has 0 aliphatic carbocycles. The highest BCUT2D eigenvalue weighted by Crippen LogP contribution is 2.20. The first-order valence-electron chi connectivity index (χ1n) is 7.47. The predicted molar refractivity (Wildman–Crippen MR) is 87.6 cm³/mol. The summed E-state index contributed by atoms with van der Waals surface area (Å²) in [6, 6.07) is 12.2. The number of hydrogen-bond acceptors (Lipinski definition) is 5. The molecule has 1 aromatic heterocycles. The highest BCUT2D eigenvalue weighted by Gasteiger charge is 2.28. The van der Waals surface area contributed by atoms with E-state index in [1.807, 2.05) is 18.2 Å². The average molecular weight is 333 g/mol. The van der Waals surface area contributed by atoms with Crippen molar-refractivity contribution in [1.29, 1.82) is 0 Å². The number of pyridine rings is 1. The summed E-state index contributed by atoms with van der Waals surface area (Å²) >= 11 is 0. The monoisotopic (exact) mass is 333 g/mol. The minimum Gasteiger partial charge on any atom is -0.392 e. The molecule has 0 saturated carbocycles. The van der Waals surface area contributed by atoms with Crippen LogP contribution in [0.5, 0.6) is 0 Å². The maximum absolute atomic E-state index is 12.7. The van der Waals surface area contributed by atoms with Gasteiger partial charge in [-0.3, -0.25) is 0 Å². The first-order chi connectivity index (χ1) is 11.1. The fourth-order valence-electron chi connectivity index (χ4n) is 2.65. The number of benzene rings is 1. The van der Waals surface area contributed by atoms with Gasteiger partial charge in [0.25, 0.3) is 0 Å². The number of aromatic nitrogens is 1. The zero-order valence-corrected chi connectivity index (χ0v) is 13.5. The van der Waals surface area contributed by atoms with Crippen molar-refractivity contribution in [2.45, 2.75) is 11.5 Å². The van der Waals surface area contributed by atoms with Gasteiger partial charge in [0.15, 0.2) is 0 Å². The van der Waals surface area contributed by atoms with E-state index in [-0.39, 0.29) is 11.5 Å². The molecule has 0 unspecified atom stereocenters. The lowest BCUT2D eigenvalue weighted by Gasteiger charge is -2.34. The fraction of sp³-hybridized carbons (Fsp3) is 0.312. The van der Waals surface area contributed by atoms with Crippen molar-refractivity contribution in [3.63, 3.8) is 0 Å². The van der Waals surface area contributed by atoms with Gasteiger partial charge in [-0.2, -0.15) is 4.31 Å². The smallest absolute Gasteiger partial charge is 0.243 e. The molecule has 0 bridgehead atoms. The number of sulfonamides is 1. The van der Waals surface area contributed by atoms with Crippen molar-refractivity contribution in [3.8, 4) is 0 Å². The molecule has 7 heteroatoms. The lowest BCUT2D eigenvalue weighted by molar-refractivity contribution is 0.281. The summed E-state index contributed by atoms with van der Waals surface area (Å²) < 4.78 is 26.9. The van der Waals surface area contributed by atoms with E-state index in [0.717, 1.165) is 5.82 Å². The van der Waals surface area contributed by atoms with Crippen molar-refractivity contribution in [3.05, 3.63) is 54.2 Å². The number of rotatable bonds is 4. The van der Waals surface area contributed by atoms with Crippen LogP contribution in [-0.4, -0.2) is 49.0 Å². The van der Waals surface area contributed by atoms with Crippen LogP contribution in [0.15, 0.2) is 53.6 Å². The van der Waals surface area contributed by atoms with Gasteiger partial charge >= 0.3 is 0 Å². The van der Waals surface area contributed by atoms with E-state index >= 15 is 0 Å². The minimum absolute atomic E-state index is 0.170. The van der Waals surface area contributed by atoms with Crippen LogP contribution in [0.25, 0.3) is 0 Å². The quantitative estimate of drug-likeness (QED) is 0.906. The average Bonchev–Trinajstić information content (AvgIpc) is 2.62. The maximum atomic E-state index is 12.7. The predicted octanol–water partition coefficient (Wildman–Crippen LogP) is 1.08. The molecular formula is C16H19N3O3S. The highest BCUT2D eigenvalue weighted by molar-refractivity contribution is 7.89. The molecule has 1 aliphatic heterocycles. The highest BCUT2D eigenvalue weighted by atomic mass is 32.2. The number of nitrogens with zero attached hydrogens (tertiary/aromatic N) is 3. The molecule has 1 aliphatic rings. The normalized spacial score (nSPS) is 16.5. The van der Waals surface area contributed by atoms with Gasteiger partial charge in [-0.15, -0.1) is 0 Å². The Kier molecular flexibility index (Phi) is 4.61. The van der Waals surface area contributed by atoms with Gasteiger partial charge < -0.3 is 10.0 Å². The number of hydrogen-bond donors (Lipinski definition) is 1. The van der Waals surface area contributed by atoms with E-state index in [2.05, 4.69) is 9.88 Å². The second kappa shape index (κ2) is 6.66. The van der Waals surface area contributed by atoms with Crippen LogP contribution in [0, 0.1) is 0 Å². The third kappa shape index (κ3) is 3.36. The Hall–Kier alpha value is -1.96. The van der Waals surface area contributed by atoms with Gasteiger partial charge in [-0.25, -0.2) is 13.4 Å². The molecule has 0 atom stereocenters. The summed E-state index contributed by atoms with van der Waals surface area (Å²) in [6.07, 6.45) is 1.73. The Bertz CT molecular complexity index is 757. The van der Waals surface area contributed by atoms with Crippen molar-refractivity contribution in [1.82, 2.24) is 9.29 Å². The van der Waals surface area contributed by atoms with Gasteiger partial charge in [0.1, 0.15) is 5.82 Å². The molecule has 1 N–H and O–H groups in total. The summed E-state index contributed by atoms with van der Waals surface area (Å²) in [5, 5.41) is 9.18.